The summed E-state index contributed by atoms with van der Waals surface area (Å²) in [5.41, 5.74) is 1.32. The number of anilines is 2. The molecule has 0 atom stereocenters. The summed E-state index contributed by atoms with van der Waals surface area (Å²) >= 11 is 13.4. The van der Waals surface area contributed by atoms with Crippen molar-refractivity contribution in [3.05, 3.63) is 76.3 Å². The first-order valence-electron chi connectivity index (χ1n) is 9.41. The second-order valence-corrected chi connectivity index (χ2v) is 8.35. The Balaban J connectivity index is 1.74. The number of carbonyl (C=O) groups is 2. The molecule has 0 spiro atoms. The standard InChI is InChI=1S/C23H20Cl2N2O4S/c1-30-19-12-18(27-23(29)14-6-4-3-5-7-14)20(31-2)11-17(19)26-22(28)13-32-21-10-15(24)8-9-16(21)25/h3-12H,13H2,1-2H3,(H,26,28)(H,27,29). The second kappa shape index (κ2) is 11.1. The topological polar surface area (TPSA) is 76.7 Å². The van der Waals surface area contributed by atoms with Crippen molar-refractivity contribution >= 4 is 58.2 Å². The maximum absolute atomic E-state index is 12.5. The fourth-order valence-electron chi connectivity index (χ4n) is 2.79. The summed E-state index contributed by atoms with van der Waals surface area (Å²) in [6.45, 7) is 0. The zero-order valence-corrected chi connectivity index (χ0v) is 19.6. The van der Waals surface area contributed by atoms with Gasteiger partial charge in [-0.1, -0.05) is 41.4 Å². The highest BCUT2D eigenvalue weighted by Gasteiger charge is 2.16. The predicted octanol–water partition coefficient (Wildman–Crippen LogP) is 5.99. The first kappa shape index (κ1) is 23.8. The lowest BCUT2D eigenvalue weighted by Gasteiger charge is -2.16. The Labute approximate surface area is 200 Å². The smallest absolute Gasteiger partial charge is 0.255 e. The van der Waals surface area contributed by atoms with E-state index in [9.17, 15) is 9.59 Å². The summed E-state index contributed by atoms with van der Waals surface area (Å²) < 4.78 is 10.8. The minimum Gasteiger partial charge on any atom is -0.494 e. The highest BCUT2D eigenvalue weighted by Crippen LogP contribution is 2.37. The van der Waals surface area contributed by atoms with E-state index >= 15 is 0 Å². The number of hydrogen-bond donors (Lipinski definition) is 2. The third kappa shape index (κ3) is 6.09. The van der Waals surface area contributed by atoms with Crippen molar-refractivity contribution in [1.29, 1.82) is 0 Å². The molecule has 32 heavy (non-hydrogen) atoms. The Bertz CT molecular complexity index is 1130. The zero-order valence-electron chi connectivity index (χ0n) is 17.3. The van der Waals surface area contributed by atoms with E-state index in [1.807, 2.05) is 6.07 Å². The molecule has 3 aromatic rings. The number of halogens is 2. The Morgan fingerprint density at radius 2 is 1.50 bits per heavy atom. The van der Waals surface area contributed by atoms with Crippen molar-refractivity contribution in [2.45, 2.75) is 4.90 Å². The van der Waals surface area contributed by atoms with Gasteiger partial charge in [0.25, 0.3) is 5.91 Å². The molecule has 0 aromatic heterocycles. The summed E-state index contributed by atoms with van der Waals surface area (Å²) in [6.07, 6.45) is 0. The van der Waals surface area contributed by atoms with Gasteiger partial charge in [0.1, 0.15) is 11.5 Å². The lowest BCUT2D eigenvalue weighted by Crippen LogP contribution is -2.16. The highest BCUT2D eigenvalue weighted by atomic mass is 35.5. The number of ether oxygens (including phenoxy) is 2. The molecule has 0 unspecified atom stereocenters. The van der Waals surface area contributed by atoms with Gasteiger partial charge < -0.3 is 20.1 Å². The normalized spacial score (nSPS) is 10.4. The van der Waals surface area contributed by atoms with E-state index in [2.05, 4.69) is 10.6 Å². The van der Waals surface area contributed by atoms with Gasteiger partial charge in [0.15, 0.2) is 0 Å². The number of carbonyl (C=O) groups excluding carboxylic acids is 2. The Kier molecular flexibility index (Phi) is 8.27. The SMILES string of the molecule is COc1cc(NC(=O)c2ccccc2)c(OC)cc1NC(=O)CSc1cc(Cl)ccc1Cl. The number of methoxy groups -OCH3 is 2. The summed E-state index contributed by atoms with van der Waals surface area (Å²) in [6, 6.07) is 17.1. The molecular formula is C23H20Cl2N2O4S. The predicted molar refractivity (Wildman–Crippen MR) is 130 cm³/mol. The molecule has 2 N–H and O–H groups in total. The third-order valence-electron chi connectivity index (χ3n) is 4.33. The minimum atomic E-state index is -0.294. The van der Waals surface area contributed by atoms with Crippen molar-refractivity contribution in [2.75, 3.05) is 30.6 Å². The zero-order chi connectivity index (χ0) is 23.1. The maximum atomic E-state index is 12.5. The lowest BCUT2D eigenvalue weighted by atomic mass is 10.2. The Morgan fingerprint density at radius 1 is 0.875 bits per heavy atom. The molecule has 3 rings (SSSR count). The van der Waals surface area contributed by atoms with Gasteiger partial charge in [0, 0.05) is 27.6 Å². The summed E-state index contributed by atoms with van der Waals surface area (Å²) in [7, 11) is 2.95. The van der Waals surface area contributed by atoms with Gasteiger partial charge in [-0.05, 0) is 30.3 Å². The van der Waals surface area contributed by atoms with Crippen molar-refractivity contribution < 1.29 is 19.1 Å². The van der Waals surface area contributed by atoms with Crippen LogP contribution in [0.15, 0.2) is 65.6 Å². The maximum Gasteiger partial charge on any atom is 0.255 e. The molecule has 2 amide bonds. The van der Waals surface area contributed by atoms with E-state index in [1.165, 1.54) is 26.0 Å². The van der Waals surface area contributed by atoms with E-state index in [0.717, 1.165) is 0 Å². The van der Waals surface area contributed by atoms with Gasteiger partial charge >= 0.3 is 0 Å². The van der Waals surface area contributed by atoms with Crippen molar-refractivity contribution in [1.82, 2.24) is 0 Å². The minimum absolute atomic E-state index is 0.109. The molecule has 3 aromatic carbocycles. The molecule has 0 saturated carbocycles. The molecule has 0 saturated heterocycles. The number of thioether (sulfide) groups is 1. The van der Waals surface area contributed by atoms with E-state index < -0.39 is 0 Å². The quantitative estimate of drug-likeness (QED) is 0.379. The second-order valence-electron chi connectivity index (χ2n) is 6.48. The van der Waals surface area contributed by atoms with Gasteiger partial charge in [-0.25, -0.2) is 0 Å². The molecule has 0 heterocycles. The van der Waals surface area contributed by atoms with Crippen LogP contribution in [0.2, 0.25) is 10.0 Å². The monoisotopic (exact) mass is 490 g/mol. The van der Waals surface area contributed by atoms with Crippen LogP contribution in [0, 0.1) is 0 Å². The molecular weight excluding hydrogens is 471 g/mol. The molecule has 9 heteroatoms. The number of benzene rings is 3. The summed E-state index contributed by atoms with van der Waals surface area (Å²) in [4.78, 5) is 25.7. The lowest BCUT2D eigenvalue weighted by molar-refractivity contribution is -0.113. The Hall–Kier alpha value is -2.87. The van der Waals surface area contributed by atoms with Gasteiger partial charge in [-0.2, -0.15) is 0 Å². The van der Waals surface area contributed by atoms with Gasteiger partial charge in [0.05, 0.1) is 36.4 Å². The van der Waals surface area contributed by atoms with Crippen LogP contribution in [-0.2, 0) is 4.79 Å². The fourth-order valence-corrected chi connectivity index (χ4v) is 4.09. The molecule has 166 valence electrons. The van der Waals surface area contributed by atoms with Crippen molar-refractivity contribution in [3.8, 4) is 11.5 Å². The first-order valence-corrected chi connectivity index (χ1v) is 11.2. The van der Waals surface area contributed by atoms with Crippen molar-refractivity contribution in [2.24, 2.45) is 0 Å². The molecule has 0 radical (unpaired) electrons. The number of amides is 2. The van der Waals surface area contributed by atoms with Crippen LogP contribution in [0.5, 0.6) is 11.5 Å². The molecule has 6 nitrogen and oxygen atoms in total. The van der Waals surface area contributed by atoms with Crippen LogP contribution in [-0.4, -0.2) is 31.8 Å². The van der Waals surface area contributed by atoms with Gasteiger partial charge in [-0.15, -0.1) is 11.8 Å². The average molecular weight is 491 g/mol. The average Bonchev–Trinajstić information content (AvgIpc) is 2.80. The van der Waals surface area contributed by atoms with Gasteiger partial charge in [0.2, 0.25) is 5.91 Å². The highest BCUT2D eigenvalue weighted by molar-refractivity contribution is 8.00. The van der Waals surface area contributed by atoms with E-state index in [0.29, 0.717) is 43.4 Å². The van der Waals surface area contributed by atoms with Crippen LogP contribution < -0.4 is 20.1 Å². The number of nitrogens with one attached hydrogen (secondary N) is 2. The number of hydrogen-bond acceptors (Lipinski definition) is 5. The molecule has 0 aliphatic heterocycles. The van der Waals surface area contributed by atoms with Crippen LogP contribution in [0.4, 0.5) is 11.4 Å². The van der Waals surface area contributed by atoms with Crippen molar-refractivity contribution in [3.63, 3.8) is 0 Å². The number of rotatable bonds is 8. The molecule has 0 aliphatic carbocycles. The van der Waals surface area contributed by atoms with E-state index in [4.69, 9.17) is 32.7 Å². The first-order chi connectivity index (χ1) is 15.4. The van der Waals surface area contributed by atoms with Crippen LogP contribution in [0.1, 0.15) is 10.4 Å². The molecule has 0 aliphatic rings. The summed E-state index contributed by atoms with van der Waals surface area (Å²) in [5.74, 6) is 0.284. The van der Waals surface area contributed by atoms with Crippen LogP contribution in [0.25, 0.3) is 0 Å². The molecule has 0 bridgehead atoms. The van der Waals surface area contributed by atoms with Crippen LogP contribution >= 0.6 is 35.0 Å². The largest absolute Gasteiger partial charge is 0.494 e. The third-order valence-corrected chi connectivity index (χ3v) is 6.06. The van der Waals surface area contributed by atoms with E-state index in [-0.39, 0.29) is 17.6 Å². The Morgan fingerprint density at radius 3 is 2.12 bits per heavy atom. The fraction of sp³-hybridized carbons (Fsp3) is 0.130. The molecule has 0 fully saturated rings. The van der Waals surface area contributed by atoms with E-state index in [1.54, 1.807) is 54.6 Å². The van der Waals surface area contributed by atoms with Crippen LogP contribution in [0.3, 0.4) is 0 Å². The van der Waals surface area contributed by atoms with Gasteiger partial charge in [-0.3, -0.25) is 9.59 Å². The summed E-state index contributed by atoms with van der Waals surface area (Å²) in [5, 5.41) is 6.66.